The smallest absolute Gasteiger partial charge is 0.313 e. The number of aryl methyl sites for hydroxylation is 1. The quantitative estimate of drug-likeness (QED) is 0.824. The highest BCUT2D eigenvalue weighted by Gasteiger charge is 2.19. The van der Waals surface area contributed by atoms with Crippen LogP contribution < -0.4 is 0 Å². The third kappa shape index (κ3) is 3.54. The zero-order chi connectivity index (χ0) is 15.4. The summed E-state index contributed by atoms with van der Waals surface area (Å²) < 4.78 is 15.6. The van der Waals surface area contributed by atoms with E-state index in [1.165, 1.54) is 16.7 Å². The van der Waals surface area contributed by atoms with Crippen molar-refractivity contribution >= 4 is 29.3 Å². The molecule has 0 unspecified atom stereocenters. The Balaban J connectivity index is 2.53. The summed E-state index contributed by atoms with van der Waals surface area (Å²) in [5, 5.41) is 17.3. The first-order valence-corrected chi connectivity index (χ1v) is 7.64. The van der Waals surface area contributed by atoms with E-state index in [9.17, 15) is 9.18 Å². The molecular formula is C13H13ClFN3O2S. The molecule has 0 fully saturated rings. The highest BCUT2D eigenvalue weighted by molar-refractivity contribution is 7.99. The summed E-state index contributed by atoms with van der Waals surface area (Å²) in [6.07, 6.45) is 1.39. The number of aromatic nitrogens is 3. The van der Waals surface area contributed by atoms with Gasteiger partial charge in [-0.1, -0.05) is 36.4 Å². The van der Waals surface area contributed by atoms with Crippen molar-refractivity contribution in [2.24, 2.45) is 0 Å². The van der Waals surface area contributed by atoms with Crippen molar-refractivity contribution in [3.8, 4) is 5.69 Å². The molecule has 0 saturated carbocycles. The van der Waals surface area contributed by atoms with Crippen molar-refractivity contribution in [2.75, 3.05) is 5.75 Å². The van der Waals surface area contributed by atoms with Gasteiger partial charge < -0.3 is 5.11 Å². The van der Waals surface area contributed by atoms with E-state index in [0.717, 1.165) is 18.2 Å². The second-order valence-corrected chi connectivity index (χ2v) is 5.59. The average Bonchev–Trinajstić information content (AvgIpc) is 2.80. The zero-order valence-electron chi connectivity index (χ0n) is 11.2. The van der Waals surface area contributed by atoms with Gasteiger partial charge in [-0.3, -0.25) is 9.36 Å². The van der Waals surface area contributed by atoms with Crippen LogP contribution >= 0.6 is 23.4 Å². The summed E-state index contributed by atoms with van der Waals surface area (Å²) in [6.45, 7) is 1.96. The predicted octanol–water partition coefficient (Wildman–Crippen LogP) is 3.19. The van der Waals surface area contributed by atoms with Crippen LogP contribution in [0.25, 0.3) is 5.69 Å². The van der Waals surface area contributed by atoms with E-state index in [1.807, 2.05) is 6.92 Å². The van der Waals surface area contributed by atoms with E-state index in [4.69, 9.17) is 16.7 Å². The number of aliphatic carboxylic acids is 1. The van der Waals surface area contributed by atoms with Gasteiger partial charge in [-0.2, -0.15) is 0 Å². The molecule has 0 atom stereocenters. The summed E-state index contributed by atoms with van der Waals surface area (Å²) >= 11 is 7.06. The van der Waals surface area contributed by atoms with Gasteiger partial charge in [0.25, 0.3) is 0 Å². The fourth-order valence-electron chi connectivity index (χ4n) is 1.83. The Kier molecular flexibility index (Phi) is 5.19. The Morgan fingerprint density at radius 1 is 1.48 bits per heavy atom. The number of thioether (sulfide) groups is 1. The fourth-order valence-corrected chi connectivity index (χ4v) is 2.76. The minimum absolute atomic E-state index is 0.153. The minimum Gasteiger partial charge on any atom is -0.481 e. The van der Waals surface area contributed by atoms with Gasteiger partial charge in [0, 0.05) is 6.42 Å². The first-order chi connectivity index (χ1) is 10.0. The molecule has 1 aromatic carbocycles. The number of carbonyl (C=O) groups is 1. The number of carboxylic acids is 1. The predicted molar refractivity (Wildman–Crippen MR) is 78.7 cm³/mol. The number of carboxylic acid groups (broad SMARTS) is 1. The molecule has 1 heterocycles. The van der Waals surface area contributed by atoms with Gasteiger partial charge in [0.05, 0.1) is 10.8 Å². The second kappa shape index (κ2) is 6.91. The van der Waals surface area contributed by atoms with Gasteiger partial charge in [-0.15, -0.1) is 10.2 Å². The Morgan fingerprint density at radius 3 is 2.86 bits per heavy atom. The lowest BCUT2D eigenvalue weighted by Crippen LogP contribution is -2.07. The molecule has 0 aliphatic heterocycles. The van der Waals surface area contributed by atoms with Crippen LogP contribution in [0.3, 0.4) is 0 Å². The van der Waals surface area contributed by atoms with Crippen molar-refractivity contribution in [1.29, 1.82) is 0 Å². The number of nitrogens with zero attached hydrogens (tertiary/aromatic N) is 3. The lowest BCUT2D eigenvalue weighted by Gasteiger charge is -2.12. The topological polar surface area (TPSA) is 68.0 Å². The largest absolute Gasteiger partial charge is 0.481 e. The van der Waals surface area contributed by atoms with Crippen LogP contribution in [0.5, 0.6) is 0 Å². The molecule has 2 aromatic rings. The van der Waals surface area contributed by atoms with Gasteiger partial charge in [-0.25, -0.2) is 4.39 Å². The Hall–Kier alpha value is -1.60. The van der Waals surface area contributed by atoms with Gasteiger partial charge >= 0.3 is 5.97 Å². The van der Waals surface area contributed by atoms with Crippen LogP contribution in [0.1, 0.15) is 19.2 Å². The van der Waals surface area contributed by atoms with Crippen LogP contribution in [-0.2, 0) is 11.2 Å². The van der Waals surface area contributed by atoms with Crippen LogP contribution in [0.2, 0.25) is 5.02 Å². The number of hydrogen-bond acceptors (Lipinski definition) is 4. The van der Waals surface area contributed by atoms with Crippen LogP contribution in [-0.4, -0.2) is 31.6 Å². The molecule has 0 spiro atoms. The standard InChI is InChI=1S/C13H13ClFN3O2S/c1-2-4-10-16-17-13(21-7-11(19)20)18(10)12-8(14)5-3-6-9(12)15/h3,5-6H,2,4,7H2,1H3,(H,19,20). The maximum absolute atomic E-state index is 14.1. The SMILES string of the molecule is CCCc1nnc(SCC(=O)O)n1-c1c(F)cccc1Cl. The maximum Gasteiger partial charge on any atom is 0.313 e. The normalized spacial score (nSPS) is 10.8. The number of benzene rings is 1. The molecule has 0 saturated heterocycles. The Labute approximate surface area is 130 Å². The van der Waals surface area contributed by atoms with Crippen molar-refractivity contribution < 1.29 is 14.3 Å². The van der Waals surface area contributed by atoms with Gasteiger partial charge in [0.1, 0.15) is 17.3 Å². The van der Waals surface area contributed by atoms with Gasteiger partial charge in [-0.05, 0) is 18.6 Å². The fraction of sp³-hybridized carbons (Fsp3) is 0.308. The first kappa shape index (κ1) is 15.8. The van der Waals surface area contributed by atoms with Gasteiger partial charge in [0.15, 0.2) is 5.16 Å². The summed E-state index contributed by atoms with van der Waals surface area (Å²) in [4.78, 5) is 10.7. The number of halogens is 2. The van der Waals surface area contributed by atoms with Crippen LogP contribution in [0.4, 0.5) is 4.39 Å². The Morgan fingerprint density at radius 2 is 2.24 bits per heavy atom. The molecule has 0 amide bonds. The molecule has 0 bridgehead atoms. The van der Waals surface area contributed by atoms with Gasteiger partial charge in [0.2, 0.25) is 0 Å². The molecule has 5 nitrogen and oxygen atoms in total. The van der Waals surface area contributed by atoms with E-state index in [0.29, 0.717) is 17.4 Å². The number of para-hydroxylation sites is 1. The van der Waals surface area contributed by atoms with E-state index in [1.54, 1.807) is 6.07 Å². The molecule has 1 N–H and O–H groups in total. The van der Waals surface area contributed by atoms with Crippen molar-refractivity contribution in [3.05, 3.63) is 34.9 Å². The maximum atomic E-state index is 14.1. The Bertz CT molecular complexity index is 643. The molecule has 0 radical (unpaired) electrons. The lowest BCUT2D eigenvalue weighted by atomic mass is 10.2. The minimum atomic E-state index is -0.980. The molecule has 1 aromatic heterocycles. The summed E-state index contributed by atoms with van der Waals surface area (Å²) in [5.74, 6) is -1.11. The summed E-state index contributed by atoms with van der Waals surface area (Å²) in [6, 6.07) is 4.37. The van der Waals surface area contributed by atoms with E-state index < -0.39 is 11.8 Å². The second-order valence-electron chi connectivity index (χ2n) is 4.24. The molecule has 0 aliphatic rings. The summed E-state index contributed by atoms with van der Waals surface area (Å²) in [5.41, 5.74) is 0.153. The molecule has 21 heavy (non-hydrogen) atoms. The highest BCUT2D eigenvalue weighted by Crippen LogP contribution is 2.29. The van der Waals surface area contributed by atoms with Crippen molar-refractivity contribution in [2.45, 2.75) is 24.9 Å². The zero-order valence-corrected chi connectivity index (χ0v) is 12.8. The molecule has 2 rings (SSSR count). The number of hydrogen-bond donors (Lipinski definition) is 1. The van der Waals surface area contributed by atoms with E-state index >= 15 is 0 Å². The van der Waals surface area contributed by atoms with Crippen molar-refractivity contribution in [3.63, 3.8) is 0 Å². The molecular weight excluding hydrogens is 317 g/mol. The third-order valence-electron chi connectivity index (χ3n) is 2.66. The average molecular weight is 330 g/mol. The molecule has 8 heteroatoms. The van der Waals surface area contributed by atoms with E-state index in [-0.39, 0.29) is 16.5 Å². The molecule has 112 valence electrons. The molecule has 0 aliphatic carbocycles. The summed E-state index contributed by atoms with van der Waals surface area (Å²) in [7, 11) is 0. The highest BCUT2D eigenvalue weighted by atomic mass is 35.5. The first-order valence-electron chi connectivity index (χ1n) is 6.27. The number of rotatable bonds is 6. The van der Waals surface area contributed by atoms with Crippen LogP contribution in [0, 0.1) is 5.82 Å². The third-order valence-corrected chi connectivity index (χ3v) is 3.88. The van der Waals surface area contributed by atoms with Crippen LogP contribution in [0.15, 0.2) is 23.4 Å². The monoisotopic (exact) mass is 329 g/mol. The van der Waals surface area contributed by atoms with Crippen molar-refractivity contribution in [1.82, 2.24) is 14.8 Å². The van der Waals surface area contributed by atoms with E-state index in [2.05, 4.69) is 10.2 Å². The lowest BCUT2D eigenvalue weighted by molar-refractivity contribution is -0.133.